The molecule has 0 unspecified atom stereocenters. The Morgan fingerprint density at radius 1 is 1.33 bits per heavy atom. The average Bonchev–Trinajstić information content (AvgIpc) is 2.90. The summed E-state index contributed by atoms with van der Waals surface area (Å²) in [5, 5.41) is 9.17. The molecule has 24 heavy (non-hydrogen) atoms. The fraction of sp³-hybridized carbons (Fsp3) is 0.188. The molecule has 2 aromatic heterocycles. The first-order chi connectivity index (χ1) is 11.3. The lowest BCUT2D eigenvalue weighted by Crippen LogP contribution is -2.30. The molecule has 2 heterocycles. The molecule has 0 amide bonds. The Kier molecular flexibility index (Phi) is 3.64. The number of hydrogen-bond acceptors (Lipinski definition) is 3. The Morgan fingerprint density at radius 3 is 2.71 bits per heavy atom. The highest BCUT2D eigenvalue weighted by molar-refractivity contribution is 5.75. The standard InChI is InChI=1S/C16H11F3N4O/c1-9-6-12-13(21-9)22-15(16(17,18)19)23(14(12)24)8-11-5-3-2-4-10(11)7-20/h2-6,21H,8H2,1H3. The van der Waals surface area contributed by atoms with Crippen molar-refractivity contribution in [3.8, 4) is 6.07 Å². The zero-order valence-electron chi connectivity index (χ0n) is 12.5. The van der Waals surface area contributed by atoms with Gasteiger partial charge < -0.3 is 4.98 Å². The molecule has 0 saturated carbocycles. The van der Waals surface area contributed by atoms with Crippen LogP contribution >= 0.6 is 0 Å². The van der Waals surface area contributed by atoms with E-state index in [-0.39, 0.29) is 23.1 Å². The molecule has 0 spiro atoms. The number of alkyl halides is 3. The lowest BCUT2D eigenvalue weighted by atomic mass is 10.1. The van der Waals surface area contributed by atoms with Crippen LogP contribution in [0.3, 0.4) is 0 Å². The van der Waals surface area contributed by atoms with E-state index in [0.717, 1.165) is 0 Å². The summed E-state index contributed by atoms with van der Waals surface area (Å²) < 4.78 is 40.6. The third kappa shape index (κ3) is 2.65. The molecule has 122 valence electrons. The number of fused-ring (bicyclic) bond motifs is 1. The largest absolute Gasteiger partial charge is 0.449 e. The maximum Gasteiger partial charge on any atom is 0.449 e. The number of nitrogens with zero attached hydrogens (tertiary/aromatic N) is 3. The van der Waals surface area contributed by atoms with Crippen LogP contribution in [0, 0.1) is 18.3 Å². The minimum Gasteiger partial charge on any atom is -0.343 e. The van der Waals surface area contributed by atoms with E-state index in [9.17, 15) is 18.0 Å². The molecule has 0 aliphatic heterocycles. The van der Waals surface area contributed by atoms with E-state index < -0.39 is 17.6 Å². The van der Waals surface area contributed by atoms with Gasteiger partial charge in [-0.15, -0.1) is 0 Å². The van der Waals surface area contributed by atoms with Crippen molar-refractivity contribution in [3.05, 3.63) is 63.3 Å². The normalized spacial score (nSPS) is 11.6. The van der Waals surface area contributed by atoms with Crippen LogP contribution < -0.4 is 5.56 Å². The first-order valence-corrected chi connectivity index (χ1v) is 6.96. The fourth-order valence-corrected chi connectivity index (χ4v) is 2.53. The molecule has 3 aromatic rings. The van der Waals surface area contributed by atoms with Crippen LogP contribution in [0.5, 0.6) is 0 Å². The van der Waals surface area contributed by atoms with Gasteiger partial charge in [-0.2, -0.15) is 18.4 Å². The molecule has 5 nitrogen and oxygen atoms in total. The van der Waals surface area contributed by atoms with Crippen molar-refractivity contribution in [1.29, 1.82) is 5.26 Å². The number of hydrogen-bond donors (Lipinski definition) is 1. The van der Waals surface area contributed by atoms with Gasteiger partial charge in [0.05, 0.1) is 23.6 Å². The Bertz CT molecular complexity index is 1020. The number of H-pyrrole nitrogens is 1. The summed E-state index contributed by atoms with van der Waals surface area (Å²) in [6.45, 7) is 1.24. The maximum absolute atomic E-state index is 13.3. The molecule has 0 radical (unpaired) electrons. The summed E-state index contributed by atoms with van der Waals surface area (Å²) in [4.78, 5) is 18.8. The summed E-state index contributed by atoms with van der Waals surface area (Å²) in [7, 11) is 0. The van der Waals surface area contributed by atoms with Gasteiger partial charge in [0.25, 0.3) is 5.56 Å². The second-order valence-electron chi connectivity index (χ2n) is 5.31. The van der Waals surface area contributed by atoms with Crippen molar-refractivity contribution in [3.63, 3.8) is 0 Å². The summed E-state index contributed by atoms with van der Waals surface area (Å²) in [6.07, 6.45) is -4.80. The molecule has 3 rings (SSSR count). The quantitative estimate of drug-likeness (QED) is 0.784. The number of rotatable bonds is 2. The Labute approximate surface area is 134 Å². The molecule has 0 aliphatic carbocycles. The van der Waals surface area contributed by atoms with Crippen molar-refractivity contribution in [2.45, 2.75) is 19.6 Å². The summed E-state index contributed by atoms with van der Waals surface area (Å²) in [5.74, 6) is -1.30. The van der Waals surface area contributed by atoms with Crippen LogP contribution in [-0.4, -0.2) is 14.5 Å². The van der Waals surface area contributed by atoms with Crippen molar-refractivity contribution in [2.75, 3.05) is 0 Å². The van der Waals surface area contributed by atoms with Crippen LogP contribution in [-0.2, 0) is 12.7 Å². The zero-order valence-corrected chi connectivity index (χ0v) is 12.5. The van der Waals surface area contributed by atoms with Crippen LogP contribution in [0.1, 0.15) is 22.6 Å². The molecule has 8 heteroatoms. The number of aryl methyl sites for hydroxylation is 1. The van der Waals surface area contributed by atoms with E-state index in [1.165, 1.54) is 18.2 Å². The molecule has 1 N–H and O–H groups in total. The van der Waals surface area contributed by atoms with Gasteiger partial charge in [-0.05, 0) is 24.6 Å². The monoisotopic (exact) mass is 332 g/mol. The molecular weight excluding hydrogens is 321 g/mol. The van der Waals surface area contributed by atoms with E-state index >= 15 is 0 Å². The topological polar surface area (TPSA) is 74.5 Å². The molecule has 0 bridgehead atoms. The van der Waals surface area contributed by atoms with Crippen molar-refractivity contribution >= 4 is 11.0 Å². The third-order valence-corrected chi connectivity index (χ3v) is 3.60. The van der Waals surface area contributed by atoms with Crippen molar-refractivity contribution in [1.82, 2.24) is 14.5 Å². The Hall–Kier alpha value is -3.08. The predicted octanol–water partition coefficient (Wildman–Crippen LogP) is 2.97. The molecule has 1 aromatic carbocycles. The van der Waals surface area contributed by atoms with Gasteiger partial charge in [0.15, 0.2) is 0 Å². The maximum atomic E-state index is 13.3. The molecule has 0 fully saturated rings. The van der Waals surface area contributed by atoms with Crippen molar-refractivity contribution < 1.29 is 13.2 Å². The number of aromatic nitrogens is 3. The van der Waals surface area contributed by atoms with Gasteiger partial charge in [-0.25, -0.2) is 4.98 Å². The first kappa shape index (κ1) is 15.8. The van der Waals surface area contributed by atoms with Crippen LogP contribution in [0.2, 0.25) is 0 Å². The lowest BCUT2D eigenvalue weighted by Gasteiger charge is -2.15. The Balaban J connectivity index is 2.28. The van der Waals surface area contributed by atoms with Gasteiger partial charge in [0.2, 0.25) is 5.82 Å². The summed E-state index contributed by atoms with van der Waals surface area (Å²) in [5.41, 5.74) is 0.167. The van der Waals surface area contributed by atoms with Crippen LogP contribution in [0.15, 0.2) is 35.1 Å². The predicted molar refractivity (Wildman–Crippen MR) is 80.4 cm³/mol. The van der Waals surface area contributed by atoms with Gasteiger partial charge in [-0.3, -0.25) is 9.36 Å². The van der Waals surface area contributed by atoms with Gasteiger partial charge >= 0.3 is 6.18 Å². The third-order valence-electron chi connectivity index (χ3n) is 3.60. The van der Waals surface area contributed by atoms with Gasteiger partial charge in [0, 0.05) is 5.69 Å². The number of nitriles is 1. The molecule has 0 saturated heterocycles. The van der Waals surface area contributed by atoms with Gasteiger partial charge in [0.1, 0.15) is 5.65 Å². The van der Waals surface area contributed by atoms with Crippen LogP contribution in [0.4, 0.5) is 13.2 Å². The SMILES string of the molecule is Cc1cc2c(=O)n(Cc3ccccc3C#N)c(C(F)(F)F)nc2[nH]1. The average molecular weight is 332 g/mol. The highest BCUT2D eigenvalue weighted by atomic mass is 19.4. The highest BCUT2D eigenvalue weighted by Gasteiger charge is 2.37. The second kappa shape index (κ2) is 5.53. The fourth-order valence-electron chi connectivity index (χ4n) is 2.53. The zero-order chi connectivity index (χ0) is 17.5. The molecule has 0 aliphatic rings. The lowest BCUT2D eigenvalue weighted by molar-refractivity contribution is -0.147. The number of halogens is 3. The van der Waals surface area contributed by atoms with E-state index in [4.69, 9.17) is 5.26 Å². The van der Waals surface area contributed by atoms with Crippen LogP contribution in [0.25, 0.3) is 11.0 Å². The molecule has 0 atom stereocenters. The summed E-state index contributed by atoms with van der Waals surface area (Å²) in [6, 6.07) is 9.57. The second-order valence-corrected chi connectivity index (χ2v) is 5.31. The van der Waals surface area contributed by atoms with Crippen molar-refractivity contribution in [2.24, 2.45) is 0 Å². The van der Waals surface area contributed by atoms with Gasteiger partial charge in [-0.1, -0.05) is 18.2 Å². The number of benzene rings is 1. The van der Waals surface area contributed by atoms with E-state index in [1.54, 1.807) is 19.1 Å². The Morgan fingerprint density at radius 2 is 2.04 bits per heavy atom. The van der Waals surface area contributed by atoms with E-state index in [0.29, 0.717) is 15.8 Å². The number of aromatic amines is 1. The number of nitrogens with one attached hydrogen (secondary N) is 1. The minimum absolute atomic E-state index is 0.0786. The highest BCUT2D eigenvalue weighted by Crippen LogP contribution is 2.28. The first-order valence-electron chi connectivity index (χ1n) is 6.96. The molecular formula is C16H11F3N4O. The summed E-state index contributed by atoms with van der Waals surface area (Å²) >= 11 is 0. The van der Waals surface area contributed by atoms with E-state index in [1.807, 2.05) is 6.07 Å². The minimum atomic E-state index is -4.80. The smallest absolute Gasteiger partial charge is 0.343 e. The van der Waals surface area contributed by atoms with E-state index in [2.05, 4.69) is 9.97 Å².